The van der Waals surface area contributed by atoms with Crippen LogP contribution in [-0.4, -0.2) is 59.2 Å². The van der Waals surface area contributed by atoms with Crippen LogP contribution in [0.2, 0.25) is 0 Å². The van der Waals surface area contributed by atoms with Crippen molar-refractivity contribution in [1.82, 2.24) is 5.06 Å². The predicted octanol–water partition coefficient (Wildman–Crippen LogP) is 9.73. The van der Waals surface area contributed by atoms with Crippen molar-refractivity contribution in [3.05, 3.63) is 143 Å². The second-order valence-corrected chi connectivity index (χ2v) is 18.7. The third-order valence-electron chi connectivity index (χ3n) is 12.3. The number of hydroxylamine groups is 2. The number of nitrogens with zero attached hydrogens (tertiary/aromatic N) is 3. The van der Waals surface area contributed by atoms with Gasteiger partial charge >= 0.3 is 5.97 Å². The molecular weight excluding hydrogens is 803 g/mol. The van der Waals surface area contributed by atoms with Crippen molar-refractivity contribution < 1.29 is 41.5 Å². The van der Waals surface area contributed by atoms with Gasteiger partial charge in [-0.25, -0.2) is 4.79 Å². The average molecular weight is 859 g/mol. The first-order valence-electron chi connectivity index (χ1n) is 21.6. The molecule has 0 fully saturated rings. The lowest BCUT2D eigenvalue weighted by atomic mass is 9.81. The van der Waals surface area contributed by atoms with Crippen LogP contribution in [0.15, 0.2) is 137 Å². The number of hydrogen-bond acceptors (Lipinski definition) is 8. The second kappa shape index (κ2) is 18.2. The molecule has 1 aliphatic carbocycles. The van der Waals surface area contributed by atoms with Gasteiger partial charge in [-0.15, -0.1) is 0 Å². The monoisotopic (exact) mass is 858 g/mol. The van der Waals surface area contributed by atoms with E-state index in [0.717, 1.165) is 91.9 Å². The lowest BCUT2D eigenvalue weighted by Crippen LogP contribution is -2.32. The number of hydrogen-bond donors (Lipinski definition) is 1. The summed E-state index contributed by atoms with van der Waals surface area (Å²) in [6, 6.07) is 22.9. The topological polar surface area (TPSA) is 134 Å². The Kier molecular flexibility index (Phi) is 13.0. The van der Waals surface area contributed by atoms with Crippen molar-refractivity contribution in [1.29, 1.82) is 0 Å². The van der Waals surface area contributed by atoms with Gasteiger partial charge in [0.15, 0.2) is 5.71 Å². The van der Waals surface area contributed by atoms with Crippen LogP contribution < -0.4 is 9.64 Å². The second-order valence-electron chi connectivity index (χ2n) is 17.2. The summed E-state index contributed by atoms with van der Waals surface area (Å²) in [6.45, 7) is 12.8. The van der Waals surface area contributed by atoms with Gasteiger partial charge in [0.2, 0.25) is 5.69 Å². The van der Waals surface area contributed by atoms with Gasteiger partial charge in [0, 0.05) is 66.0 Å². The number of benzene rings is 3. The van der Waals surface area contributed by atoms with Crippen molar-refractivity contribution in [3.8, 4) is 5.75 Å². The molecule has 0 saturated heterocycles. The molecular formula is C50H56N3O8S+. The number of carbonyl (C=O) groups excluding carboxylic acids is 3. The molecule has 0 atom stereocenters. The molecule has 11 nitrogen and oxygen atoms in total. The number of anilines is 1. The van der Waals surface area contributed by atoms with Crippen molar-refractivity contribution in [3.63, 3.8) is 0 Å². The Balaban J connectivity index is 1.21. The summed E-state index contributed by atoms with van der Waals surface area (Å²) in [4.78, 5) is 43.3. The number of fused-ring (bicyclic) bond motifs is 2. The Morgan fingerprint density at radius 1 is 0.823 bits per heavy atom. The molecule has 0 aromatic heterocycles. The smallest absolute Gasteiger partial charge is 0.333 e. The van der Waals surface area contributed by atoms with Crippen molar-refractivity contribution >= 4 is 45.0 Å². The van der Waals surface area contributed by atoms with Crippen LogP contribution in [0, 0.1) is 0 Å². The maximum atomic E-state index is 12.4. The number of allylic oxidation sites excluding steroid dienone is 7. The summed E-state index contributed by atoms with van der Waals surface area (Å²) < 4.78 is 42.5. The third kappa shape index (κ3) is 9.17. The van der Waals surface area contributed by atoms with E-state index in [1.54, 1.807) is 12.1 Å². The van der Waals surface area contributed by atoms with Crippen LogP contribution in [-0.2, 0) is 40.2 Å². The molecule has 3 aliphatic heterocycles. The number of amides is 2. The van der Waals surface area contributed by atoms with E-state index < -0.39 is 27.9 Å². The SMILES string of the molecule is CCCCN1/C(=C/C=C2\CCCC(/C=C/C3=[N+](CCCCCC(=O)ON4C(=O)C=CC4=O)c4ccccc4C3(C)C)=C2Oc2ccc(S(=O)(=O)O)cc2)C(C)(C)c2ccccc21. The summed E-state index contributed by atoms with van der Waals surface area (Å²) in [6.07, 6.45) is 17.7. The van der Waals surface area contributed by atoms with E-state index in [-0.39, 0.29) is 22.1 Å². The van der Waals surface area contributed by atoms with Gasteiger partial charge in [0.1, 0.15) is 18.1 Å². The average Bonchev–Trinajstić information content (AvgIpc) is 3.76. The minimum absolute atomic E-state index is 0.0822. The molecule has 0 saturated carbocycles. The minimum atomic E-state index is -4.37. The van der Waals surface area contributed by atoms with Crippen molar-refractivity contribution in [2.24, 2.45) is 0 Å². The Labute approximate surface area is 365 Å². The summed E-state index contributed by atoms with van der Waals surface area (Å²) >= 11 is 0. The predicted molar refractivity (Wildman–Crippen MR) is 240 cm³/mol. The molecule has 0 unspecified atom stereocenters. The van der Waals surface area contributed by atoms with Gasteiger partial charge in [-0.3, -0.25) is 14.1 Å². The first-order valence-corrected chi connectivity index (χ1v) is 23.0. The van der Waals surface area contributed by atoms with Crippen molar-refractivity contribution in [2.75, 3.05) is 18.0 Å². The van der Waals surface area contributed by atoms with Crippen LogP contribution in [0.25, 0.3) is 0 Å². The lowest BCUT2D eigenvalue weighted by Gasteiger charge is -2.27. The van der Waals surface area contributed by atoms with E-state index in [1.165, 1.54) is 34.6 Å². The fourth-order valence-corrected chi connectivity index (χ4v) is 9.41. The summed E-state index contributed by atoms with van der Waals surface area (Å²) in [7, 11) is -4.37. The van der Waals surface area contributed by atoms with Gasteiger partial charge < -0.3 is 14.5 Å². The van der Waals surface area contributed by atoms with E-state index in [1.807, 2.05) is 6.07 Å². The lowest BCUT2D eigenvalue weighted by molar-refractivity contribution is -0.438. The van der Waals surface area contributed by atoms with Gasteiger partial charge in [-0.2, -0.15) is 13.0 Å². The standard InChI is InChI=1S/C50H55N3O8S/c1-6-7-33-51-41-20-12-10-18-39(41)49(2,3)43(51)29-23-35-16-15-17-36(48(35)60-37-25-27-38(28-26-37)62(57,58)59)24-30-44-50(4,5)40-19-11-13-21-42(40)52(44)34-14-8-9-22-47(56)61-53-45(54)31-32-46(53)55/h10-13,18-21,23-32H,6-9,14-17,22,33-34H2,1-5H3/p+1. The van der Waals surface area contributed by atoms with Crippen LogP contribution in [0.3, 0.4) is 0 Å². The van der Waals surface area contributed by atoms with Crippen LogP contribution in [0.4, 0.5) is 11.4 Å². The molecule has 3 heterocycles. The molecule has 4 aliphatic rings. The first-order chi connectivity index (χ1) is 29.6. The van der Waals surface area contributed by atoms with E-state index in [4.69, 9.17) is 9.57 Å². The van der Waals surface area contributed by atoms with E-state index in [2.05, 4.69) is 111 Å². The first kappa shape index (κ1) is 44.2. The maximum absolute atomic E-state index is 12.4. The molecule has 3 aromatic rings. The number of carbonyl (C=O) groups is 3. The summed E-state index contributed by atoms with van der Waals surface area (Å²) in [5.41, 5.74) is 8.74. The maximum Gasteiger partial charge on any atom is 0.333 e. The zero-order valence-corrected chi connectivity index (χ0v) is 37.0. The Hall–Kier alpha value is -5.85. The van der Waals surface area contributed by atoms with E-state index >= 15 is 0 Å². The molecule has 324 valence electrons. The van der Waals surface area contributed by atoms with Gasteiger partial charge in [-0.1, -0.05) is 74.7 Å². The van der Waals surface area contributed by atoms with Gasteiger partial charge in [-0.05, 0) is 112 Å². The Morgan fingerprint density at radius 3 is 2.23 bits per heavy atom. The largest absolute Gasteiger partial charge is 0.457 e. The van der Waals surface area contributed by atoms with Crippen LogP contribution in [0.1, 0.15) is 104 Å². The van der Waals surface area contributed by atoms with Gasteiger partial charge in [0.05, 0.1) is 10.3 Å². The minimum Gasteiger partial charge on any atom is -0.457 e. The van der Waals surface area contributed by atoms with Crippen LogP contribution in [0.5, 0.6) is 5.75 Å². The number of unbranched alkanes of at least 4 members (excludes halogenated alkanes) is 3. The molecule has 1 N–H and O–H groups in total. The Bertz CT molecular complexity index is 2540. The zero-order valence-electron chi connectivity index (χ0n) is 36.2. The highest BCUT2D eigenvalue weighted by atomic mass is 32.2. The molecule has 2 amide bonds. The summed E-state index contributed by atoms with van der Waals surface area (Å²) in [5.74, 6) is -0.770. The molecule has 62 heavy (non-hydrogen) atoms. The number of rotatable bonds is 16. The normalized spacial score (nSPS) is 19.4. The van der Waals surface area contributed by atoms with Gasteiger partial charge in [0.25, 0.3) is 21.9 Å². The number of imide groups is 1. The quantitative estimate of drug-likeness (QED) is 0.0647. The van der Waals surface area contributed by atoms with E-state index in [0.29, 0.717) is 23.8 Å². The summed E-state index contributed by atoms with van der Waals surface area (Å²) in [5, 5.41) is 0.490. The number of para-hydroxylation sites is 2. The fourth-order valence-electron chi connectivity index (χ4n) is 8.93. The highest BCUT2D eigenvalue weighted by Gasteiger charge is 2.44. The molecule has 7 rings (SSSR count). The zero-order chi connectivity index (χ0) is 44.2. The third-order valence-corrected chi connectivity index (χ3v) is 13.1. The molecule has 0 bridgehead atoms. The molecule has 12 heteroatoms. The molecule has 0 radical (unpaired) electrons. The molecule has 3 aromatic carbocycles. The van der Waals surface area contributed by atoms with Crippen molar-refractivity contribution in [2.45, 2.75) is 108 Å². The molecule has 0 spiro atoms. The number of ether oxygens (including phenoxy) is 1. The Morgan fingerprint density at radius 2 is 1.52 bits per heavy atom. The highest BCUT2D eigenvalue weighted by Crippen LogP contribution is 2.48. The highest BCUT2D eigenvalue weighted by molar-refractivity contribution is 7.85. The fraction of sp³-hybridized carbons (Fsp3) is 0.360. The van der Waals surface area contributed by atoms with Crippen LogP contribution >= 0.6 is 0 Å². The van der Waals surface area contributed by atoms with E-state index in [9.17, 15) is 27.4 Å².